The Morgan fingerprint density at radius 1 is 1.19 bits per heavy atom. The molecule has 0 aliphatic rings. The second kappa shape index (κ2) is 7.09. The minimum atomic E-state index is -0.797. The quantitative estimate of drug-likeness (QED) is 0.337. The maximum absolute atomic E-state index is 11.8. The number of carbonyl (C=O) groups excluding carboxylic acids is 1. The highest BCUT2D eigenvalue weighted by Gasteiger charge is 2.14. The molecule has 0 unspecified atom stereocenters. The predicted octanol–water partition coefficient (Wildman–Crippen LogP) is 4.89. The Labute approximate surface area is 140 Å². The predicted molar refractivity (Wildman–Crippen MR) is 83.7 cm³/mol. The van der Waals surface area contributed by atoms with Gasteiger partial charge in [-0.2, -0.15) is 0 Å². The number of nitrogens with zero attached hydrogens (tertiary/aromatic N) is 2. The Morgan fingerprint density at radius 3 is 2.52 bits per heavy atom. The monoisotopic (exact) mass is 362 g/mol. The second-order valence-corrected chi connectivity index (χ2v) is 5.35. The lowest BCUT2D eigenvalue weighted by molar-refractivity contribution is 0.0519. The van der Waals surface area contributed by atoms with Crippen LogP contribution in [0.4, 0.5) is 0 Å². The number of benzene rings is 1. The van der Waals surface area contributed by atoms with Gasteiger partial charge in [-0.05, 0) is 18.2 Å². The fourth-order valence-corrected chi connectivity index (χ4v) is 2.21. The summed E-state index contributed by atoms with van der Waals surface area (Å²) in [5.41, 5.74) is 0.440. The van der Waals surface area contributed by atoms with Crippen LogP contribution in [-0.2, 0) is 4.84 Å². The molecule has 1 heterocycles. The van der Waals surface area contributed by atoms with E-state index in [1.54, 1.807) is 18.2 Å². The highest BCUT2D eigenvalue weighted by molar-refractivity contribution is 6.38. The van der Waals surface area contributed by atoms with E-state index in [-0.39, 0.29) is 15.7 Å². The zero-order valence-corrected chi connectivity index (χ0v) is 13.2. The van der Waals surface area contributed by atoms with E-state index in [0.717, 1.165) is 0 Å². The zero-order chi connectivity index (χ0) is 15.4. The summed E-state index contributed by atoms with van der Waals surface area (Å²) in [7, 11) is 0. The molecule has 4 nitrogen and oxygen atoms in total. The molecule has 1 aromatic carbocycles. The number of carbonyl (C=O) groups is 1. The molecule has 0 saturated heterocycles. The van der Waals surface area contributed by atoms with Crippen LogP contribution in [0, 0.1) is 0 Å². The largest absolute Gasteiger partial charge is 0.368 e. The summed E-state index contributed by atoms with van der Waals surface area (Å²) in [4.78, 5) is 20.2. The van der Waals surface area contributed by atoms with Gasteiger partial charge in [0.1, 0.15) is 10.7 Å². The fourth-order valence-electron chi connectivity index (χ4n) is 1.38. The van der Waals surface area contributed by atoms with Crippen LogP contribution in [0.15, 0.2) is 35.6 Å². The minimum absolute atomic E-state index is 0.00609. The van der Waals surface area contributed by atoms with E-state index in [4.69, 9.17) is 51.2 Å². The zero-order valence-electron chi connectivity index (χ0n) is 10.2. The number of oxime groups is 1. The molecule has 1 aromatic heterocycles. The molecule has 2 aromatic rings. The summed E-state index contributed by atoms with van der Waals surface area (Å²) in [6.45, 7) is 0. The first-order valence-corrected chi connectivity index (χ1v) is 7.00. The van der Waals surface area contributed by atoms with Crippen molar-refractivity contribution in [3.63, 3.8) is 0 Å². The van der Waals surface area contributed by atoms with Crippen LogP contribution in [0.3, 0.4) is 0 Å². The summed E-state index contributed by atoms with van der Waals surface area (Å²) >= 11 is 23.4. The van der Waals surface area contributed by atoms with Crippen molar-refractivity contribution in [1.29, 1.82) is 0 Å². The first-order valence-electron chi connectivity index (χ1n) is 5.49. The highest BCUT2D eigenvalue weighted by atomic mass is 35.5. The third-order valence-electron chi connectivity index (χ3n) is 2.34. The van der Waals surface area contributed by atoms with Crippen molar-refractivity contribution in [2.24, 2.45) is 5.16 Å². The average molecular weight is 364 g/mol. The third kappa shape index (κ3) is 4.08. The summed E-state index contributed by atoms with van der Waals surface area (Å²) in [5, 5.41) is 4.52. The van der Waals surface area contributed by atoms with Crippen molar-refractivity contribution >= 4 is 58.6 Å². The Balaban J connectivity index is 2.14. The van der Waals surface area contributed by atoms with Gasteiger partial charge in [0.2, 0.25) is 0 Å². The van der Waals surface area contributed by atoms with Crippen LogP contribution in [0.5, 0.6) is 0 Å². The van der Waals surface area contributed by atoms with Gasteiger partial charge in [0.25, 0.3) is 0 Å². The van der Waals surface area contributed by atoms with Crippen molar-refractivity contribution in [2.75, 3.05) is 0 Å². The number of pyridine rings is 1. The normalized spacial score (nSPS) is 10.9. The van der Waals surface area contributed by atoms with Gasteiger partial charge in [-0.25, -0.2) is 9.78 Å². The van der Waals surface area contributed by atoms with Crippen LogP contribution in [0.1, 0.15) is 15.9 Å². The van der Waals surface area contributed by atoms with Crippen molar-refractivity contribution in [2.45, 2.75) is 0 Å². The van der Waals surface area contributed by atoms with E-state index in [9.17, 15) is 4.79 Å². The number of hydrogen-bond donors (Lipinski definition) is 0. The molecule has 8 heteroatoms. The van der Waals surface area contributed by atoms with Gasteiger partial charge in [-0.3, -0.25) is 0 Å². The van der Waals surface area contributed by atoms with Gasteiger partial charge < -0.3 is 4.84 Å². The van der Waals surface area contributed by atoms with Crippen molar-refractivity contribution in [1.82, 2.24) is 4.98 Å². The molecule has 108 valence electrons. The van der Waals surface area contributed by atoms with Gasteiger partial charge in [0, 0.05) is 11.8 Å². The number of hydrogen-bond acceptors (Lipinski definition) is 4. The Morgan fingerprint density at radius 2 is 1.86 bits per heavy atom. The van der Waals surface area contributed by atoms with Crippen LogP contribution < -0.4 is 0 Å². The molecule has 0 bridgehead atoms. The first-order chi connectivity index (χ1) is 9.99. The SMILES string of the molecule is O=C(ON=Cc1c(Cl)cccc1Cl)c1cc(Cl)cnc1Cl. The van der Waals surface area contributed by atoms with E-state index >= 15 is 0 Å². The van der Waals surface area contributed by atoms with Gasteiger partial charge >= 0.3 is 5.97 Å². The molecule has 0 radical (unpaired) electrons. The number of aromatic nitrogens is 1. The van der Waals surface area contributed by atoms with E-state index in [1.165, 1.54) is 18.5 Å². The van der Waals surface area contributed by atoms with Crippen molar-refractivity contribution in [3.05, 3.63) is 61.8 Å². The van der Waals surface area contributed by atoms with Crippen LogP contribution in [0.25, 0.3) is 0 Å². The van der Waals surface area contributed by atoms with Crippen LogP contribution in [-0.4, -0.2) is 17.2 Å². The Kier molecular flexibility index (Phi) is 5.42. The van der Waals surface area contributed by atoms with E-state index in [1.807, 2.05) is 0 Å². The van der Waals surface area contributed by atoms with Crippen molar-refractivity contribution < 1.29 is 9.63 Å². The molecule has 21 heavy (non-hydrogen) atoms. The third-order valence-corrected chi connectivity index (χ3v) is 3.51. The lowest BCUT2D eigenvalue weighted by Gasteiger charge is -2.02. The van der Waals surface area contributed by atoms with E-state index < -0.39 is 5.97 Å². The van der Waals surface area contributed by atoms with Gasteiger partial charge in [-0.1, -0.05) is 57.6 Å². The topological polar surface area (TPSA) is 51.5 Å². The molecule has 0 N–H and O–H groups in total. The molecular weight excluding hydrogens is 358 g/mol. The lowest BCUT2D eigenvalue weighted by Crippen LogP contribution is -2.03. The summed E-state index contributed by atoms with van der Waals surface area (Å²) in [5.74, 6) is -0.797. The van der Waals surface area contributed by atoms with Crippen LogP contribution >= 0.6 is 46.4 Å². The summed E-state index contributed by atoms with van der Waals surface area (Å²) < 4.78 is 0. The second-order valence-electron chi connectivity index (χ2n) is 3.74. The molecule has 0 fully saturated rings. The number of rotatable bonds is 3. The Bertz CT molecular complexity index is 699. The van der Waals surface area contributed by atoms with Crippen molar-refractivity contribution in [3.8, 4) is 0 Å². The summed E-state index contributed by atoms with van der Waals surface area (Å²) in [6, 6.07) is 6.28. The fraction of sp³-hybridized carbons (Fsp3) is 0. The molecular formula is C13H6Cl4N2O2. The standard InChI is InChI=1S/C13H6Cl4N2O2/c14-7-4-8(12(17)18-5-7)13(20)21-19-6-9-10(15)2-1-3-11(9)16/h1-6H. The number of halogens is 4. The molecule has 0 amide bonds. The lowest BCUT2D eigenvalue weighted by atomic mass is 10.2. The van der Waals surface area contributed by atoms with Crippen LogP contribution in [0.2, 0.25) is 20.2 Å². The Hall–Kier alpha value is -1.33. The average Bonchev–Trinajstić information content (AvgIpc) is 2.44. The molecule has 2 rings (SSSR count). The molecule has 0 saturated carbocycles. The van der Waals surface area contributed by atoms with E-state index in [0.29, 0.717) is 15.6 Å². The molecule has 0 aliphatic carbocycles. The molecule has 0 aliphatic heterocycles. The summed E-state index contributed by atoms with van der Waals surface area (Å²) in [6.07, 6.45) is 2.54. The highest BCUT2D eigenvalue weighted by Crippen LogP contribution is 2.22. The maximum atomic E-state index is 11.8. The molecule has 0 spiro atoms. The van der Waals surface area contributed by atoms with Gasteiger partial charge in [0.05, 0.1) is 21.3 Å². The van der Waals surface area contributed by atoms with Gasteiger partial charge in [-0.15, -0.1) is 0 Å². The first kappa shape index (κ1) is 16.0. The smallest absolute Gasteiger partial charge is 0.313 e. The van der Waals surface area contributed by atoms with E-state index in [2.05, 4.69) is 10.1 Å². The minimum Gasteiger partial charge on any atom is -0.313 e. The molecule has 0 atom stereocenters. The maximum Gasteiger partial charge on any atom is 0.368 e. The van der Waals surface area contributed by atoms with Gasteiger partial charge in [0.15, 0.2) is 0 Å².